The summed E-state index contributed by atoms with van der Waals surface area (Å²) in [7, 11) is 0. The van der Waals surface area contributed by atoms with Gasteiger partial charge in [0.05, 0.1) is 5.51 Å². The lowest BCUT2D eigenvalue weighted by atomic mass is 10.1. The zero-order valence-corrected chi connectivity index (χ0v) is 9.71. The maximum absolute atomic E-state index is 10.9. The van der Waals surface area contributed by atoms with Crippen molar-refractivity contribution in [2.75, 3.05) is 5.32 Å². The minimum absolute atomic E-state index is 0.546. The maximum atomic E-state index is 10.9. The van der Waals surface area contributed by atoms with Crippen LogP contribution in [0.4, 0.5) is 5.82 Å². The summed E-state index contributed by atoms with van der Waals surface area (Å²) in [5, 5.41) is 11.8. The van der Waals surface area contributed by atoms with Crippen molar-refractivity contribution in [3.05, 3.63) is 17.6 Å². The van der Waals surface area contributed by atoms with Gasteiger partial charge in [0.1, 0.15) is 21.7 Å². The zero-order valence-electron chi connectivity index (χ0n) is 8.89. The van der Waals surface area contributed by atoms with Crippen LogP contribution in [0.25, 0.3) is 10.3 Å². The van der Waals surface area contributed by atoms with Gasteiger partial charge in [-0.15, -0.1) is 11.3 Å². The molecule has 2 heterocycles. The quantitative estimate of drug-likeness (QED) is 0.853. The minimum atomic E-state index is -1.04. The van der Waals surface area contributed by atoms with Crippen molar-refractivity contribution in [1.29, 1.82) is 0 Å². The first-order valence-corrected chi connectivity index (χ1v) is 5.59. The molecule has 5 nitrogen and oxygen atoms in total. The van der Waals surface area contributed by atoms with Gasteiger partial charge in [0.25, 0.3) is 0 Å². The van der Waals surface area contributed by atoms with Gasteiger partial charge in [-0.05, 0) is 26.0 Å². The highest BCUT2D eigenvalue weighted by atomic mass is 32.1. The van der Waals surface area contributed by atoms with E-state index < -0.39 is 11.5 Å². The summed E-state index contributed by atoms with van der Waals surface area (Å²) in [6.45, 7) is 3.18. The summed E-state index contributed by atoms with van der Waals surface area (Å²) >= 11 is 1.43. The van der Waals surface area contributed by atoms with Crippen LogP contribution in [0.2, 0.25) is 0 Å². The second kappa shape index (κ2) is 3.71. The Hall–Kier alpha value is -1.69. The Morgan fingerprint density at radius 3 is 2.94 bits per heavy atom. The number of hydrogen-bond donors (Lipinski definition) is 2. The fourth-order valence-corrected chi connectivity index (χ4v) is 1.85. The van der Waals surface area contributed by atoms with Crippen LogP contribution in [0.1, 0.15) is 13.8 Å². The lowest BCUT2D eigenvalue weighted by Gasteiger charge is -2.21. The summed E-state index contributed by atoms with van der Waals surface area (Å²) in [5.74, 6) is -0.372. The number of aliphatic carboxylic acids is 1. The molecule has 0 amide bonds. The molecule has 0 radical (unpaired) electrons. The molecule has 0 aromatic carbocycles. The summed E-state index contributed by atoms with van der Waals surface area (Å²) in [4.78, 5) is 20.1. The van der Waals surface area contributed by atoms with Crippen molar-refractivity contribution in [3.8, 4) is 0 Å². The normalized spacial score (nSPS) is 11.6. The summed E-state index contributed by atoms with van der Waals surface area (Å²) in [6.07, 6.45) is 0. The Kier molecular flexibility index (Phi) is 2.51. The van der Waals surface area contributed by atoms with Crippen LogP contribution in [0.15, 0.2) is 17.6 Å². The van der Waals surface area contributed by atoms with E-state index in [9.17, 15) is 4.79 Å². The van der Waals surface area contributed by atoms with Crippen LogP contribution in [-0.4, -0.2) is 26.6 Å². The smallest absolute Gasteiger partial charge is 0.328 e. The second-order valence-electron chi connectivity index (χ2n) is 3.93. The fraction of sp³-hybridized carbons (Fsp3) is 0.300. The van der Waals surface area contributed by atoms with E-state index in [-0.39, 0.29) is 0 Å². The molecule has 84 valence electrons. The molecule has 6 heteroatoms. The lowest BCUT2D eigenvalue weighted by Crippen LogP contribution is -2.40. The van der Waals surface area contributed by atoms with Crippen molar-refractivity contribution < 1.29 is 9.90 Å². The Morgan fingerprint density at radius 1 is 1.50 bits per heavy atom. The molecule has 2 aromatic rings. The Labute approximate surface area is 96.2 Å². The van der Waals surface area contributed by atoms with Gasteiger partial charge in [0.15, 0.2) is 0 Å². The monoisotopic (exact) mass is 237 g/mol. The summed E-state index contributed by atoms with van der Waals surface area (Å²) in [5.41, 5.74) is 1.50. The van der Waals surface area contributed by atoms with E-state index in [0.29, 0.717) is 5.82 Å². The molecule has 0 fully saturated rings. The highest BCUT2D eigenvalue weighted by molar-refractivity contribution is 7.16. The average molecular weight is 237 g/mol. The van der Waals surface area contributed by atoms with Crippen LogP contribution < -0.4 is 5.32 Å². The Balaban J connectivity index is 2.30. The molecule has 16 heavy (non-hydrogen) atoms. The molecule has 0 saturated heterocycles. The molecular formula is C10H11N3O2S. The van der Waals surface area contributed by atoms with Crippen LogP contribution in [0, 0.1) is 0 Å². The first kappa shape index (κ1) is 10.8. The first-order chi connectivity index (χ1) is 7.49. The molecule has 0 spiro atoms. The number of rotatable bonds is 3. The van der Waals surface area contributed by atoms with E-state index in [1.807, 2.05) is 6.07 Å². The van der Waals surface area contributed by atoms with Gasteiger partial charge in [-0.1, -0.05) is 0 Å². The van der Waals surface area contributed by atoms with E-state index >= 15 is 0 Å². The van der Waals surface area contributed by atoms with Crippen molar-refractivity contribution in [2.45, 2.75) is 19.4 Å². The molecule has 0 atom stereocenters. The van der Waals surface area contributed by atoms with Crippen molar-refractivity contribution in [1.82, 2.24) is 9.97 Å². The van der Waals surface area contributed by atoms with Gasteiger partial charge in [0.2, 0.25) is 0 Å². The van der Waals surface area contributed by atoms with Gasteiger partial charge in [-0.3, -0.25) is 0 Å². The fourth-order valence-electron chi connectivity index (χ4n) is 1.19. The number of carboxylic acid groups (broad SMARTS) is 1. The molecule has 0 unspecified atom stereocenters. The van der Waals surface area contributed by atoms with E-state index in [4.69, 9.17) is 5.11 Å². The topological polar surface area (TPSA) is 75.1 Å². The minimum Gasteiger partial charge on any atom is -0.480 e. The number of carbonyl (C=O) groups is 1. The van der Waals surface area contributed by atoms with E-state index in [2.05, 4.69) is 15.3 Å². The maximum Gasteiger partial charge on any atom is 0.328 e. The summed E-state index contributed by atoms with van der Waals surface area (Å²) < 4.78 is 0. The Bertz CT molecular complexity index is 536. The molecule has 0 aliphatic carbocycles. The van der Waals surface area contributed by atoms with E-state index in [1.165, 1.54) is 11.3 Å². The molecule has 0 aliphatic heterocycles. The number of anilines is 1. The average Bonchev–Trinajstić information content (AvgIpc) is 2.63. The Morgan fingerprint density at radius 2 is 2.25 bits per heavy atom. The molecular weight excluding hydrogens is 226 g/mol. The van der Waals surface area contributed by atoms with Crippen LogP contribution in [0.5, 0.6) is 0 Å². The lowest BCUT2D eigenvalue weighted by molar-refractivity contribution is -0.141. The molecule has 2 rings (SSSR count). The van der Waals surface area contributed by atoms with Crippen LogP contribution in [0.3, 0.4) is 0 Å². The third-order valence-corrected chi connectivity index (χ3v) is 2.91. The number of thiazole rings is 1. The van der Waals surface area contributed by atoms with Gasteiger partial charge in [-0.2, -0.15) is 0 Å². The van der Waals surface area contributed by atoms with Gasteiger partial charge in [-0.25, -0.2) is 14.8 Å². The number of hydrogen-bond acceptors (Lipinski definition) is 5. The number of nitrogens with zero attached hydrogens (tertiary/aromatic N) is 2. The third-order valence-electron chi connectivity index (χ3n) is 2.17. The largest absolute Gasteiger partial charge is 0.480 e. The van der Waals surface area contributed by atoms with Crippen LogP contribution >= 0.6 is 11.3 Å². The summed E-state index contributed by atoms with van der Waals surface area (Å²) in [6, 6.07) is 3.55. The molecule has 0 saturated carbocycles. The van der Waals surface area contributed by atoms with Crippen LogP contribution in [-0.2, 0) is 4.79 Å². The SMILES string of the molecule is CC(C)(Nc1ccc2ncsc2n1)C(=O)O. The standard InChI is InChI=1S/C10H11N3O2S/c1-10(2,9(14)15)13-7-4-3-6-8(12-7)16-5-11-6/h3-5H,1-2H3,(H,12,13)(H,14,15). The third kappa shape index (κ3) is 1.96. The van der Waals surface area contributed by atoms with Gasteiger partial charge >= 0.3 is 5.97 Å². The van der Waals surface area contributed by atoms with Gasteiger partial charge < -0.3 is 10.4 Å². The highest BCUT2D eigenvalue weighted by Crippen LogP contribution is 2.20. The predicted octanol–water partition coefficient (Wildman–Crippen LogP) is 1.97. The molecule has 0 aliphatic rings. The van der Waals surface area contributed by atoms with Gasteiger partial charge in [0, 0.05) is 0 Å². The number of pyridine rings is 1. The number of aromatic nitrogens is 2. The molecule has 2 N–H and O–H groups in total. The second-order valence-corrected chi connectivity index (χ2v) is 4.76. The first-order valence-electron chi connectivity index (χ1n) is 4.71. The van der Waals surface area contributed by atoms with Crippen molar-refractivity contribution in [2.24, 2.45) is 0 Å². The zero-order chi connectivity index (χ0) is 11.8. The van der Waals surface area contributed by atoms with E-state index in [0.717, 1.165) is 10.3 Å². The number of fused-ring (bicyclic) bond motifs is 1. The number of nitrogens with one attached hydrogen (secondary N) is 1. The van der Waals surface area contributed by atoms with Crippen molar-refractivity contribution in [3.63, 3.8) is 0 Å². The van der Waals surface area contributed by atoms with Crippen molar-refractivity contribution >= 4 is 33.5 Å². The number of carboxylic acids is 1. The van der Waals surface area contributed by atoms with E-state index in [1.54, 1.807) is 25.4 Å². The highest BCUT2D eigenvalue weighted by Gasteiger charge is 2.27. The predicted molar refractivity (Wildman–Crippen MR) is 62.8 cm³/mol. The molecule has 2 aromatic heterocycles. The molecule has 0 bridgehead atoms.